The lowest BCUT2D eigenvalue weighted by Gasteiger charge is -2.30. The molecule has 1 rings (SSSR count). The van der Waals surface area contributed by atoms with E-state index in [1.807, 2.05) is 0 Å². The molecule has 0 unspecified atom stereocenters. The summed E-state index contributed by atoms with van der Waals surface area (Å²) in [5.74, 6) is 1.29. The van der Waals surface area contributed by atoms with Crippen molar-refractivity contribution in [2.75, 3.05) is 26.2 Å². The summed E-state index contributed by atoms with van der Waals surface area (Å²) in [5.41, 5.74) is 5.86. The van der Waals surface area contributed by atoms with Gasteiger partial charge in [0.05, 0.1) is 0 Å². The first kappa shape index (κ1) is 14.3. The molecule has 0 atom stereocenters. The zero-order chi connectivity index (χ0) is 12.9. The average Bonchev–Trinajstić information content (AvgIpc) is 2.25. The van der Waals surface area contributed by atoms with Crippen LogP contribution in [0.15, 0.2) is 4.99 Å². The molecule has 0 bridgehead atoms. The fourth-order valence-corrected chi connectivity index (χ4v) is 2.14. The third kappa shape index (κ3) is 5.91. The minimum Gasteiger partial charge on any atom is -0.370 e. The molecule has 1 aliphatic heterocycles. The zero-order valence-electron chi connectivity index (χ0n) is 11.8. The van der Waals surface area contributed by atoms with E-state index in [1.165, 1.54) is 32.5 Å². The molecule has 1 fully saturated rings. The average molecular weight is 240 g/mol. The summed E-state index contributed by atoms with van der Waals surface area (Å²) in [6, 6.07) is 0. The molecule has 0 aromatic rings. The van der Waals surface area contributed by atoms with E-state index in [4.69, 9.17) is 5.73 Å². The molecule has 4 nitrogen and oxygen atoms in total. The van der Waals surface area contributed by atoms with Crippen LogP contribution in [0.3, 0.4) is 0 Å². The number of hydrogen-bond donors (Lipinski definition) is 2. The summed E-state index contributed by atoms with van der Waals surface area (Å²) < 4.78 is 0. The Morgan fingerprint density at radius 3 is 2.41 bits per heavy atom. The van der Waals surface area contributed by atoms with Crippen molar-refractivity contribution in [3.8, 4) is 0 Å². The lowest BCUT2D eigenvalue weighted by atomic mass is 9.97. The Kier molecular flexibility index (Phi) is 5.25. The molecular formula is C13H28N4. The summed E-state index contributed by atoms with van der Waals surface area (Å²) in [6.07, 6.45) is 2.50. The maximum absolute atomic E-state index is 5.86. The highest BCUT2D eigenvalue weighted by atomic mass is 15.1. The predicted molar refractivity (Wildman–Crippen MR) is 74.2 cm³/mol. The van der Waals surface area contributed by atoms with Crippen molar-refractivity contribution in [2.24, 2.45) is 16.6 Å². The van der Waals surface area contributed by atoms with Crippen LogP contribution in [0.1, 0.15) is 40.5 Å². The molecule has 0 spiro atoms. The standard InChI is InChI=1S/C13H28N4/c1-5-17-8-6-11(7-9-17)10-15-12(14)16-13(2,3)4/h11H,5-10H2,1-4H3,(H3,14,15,16). The van der Waals surface area contributed by atoms with Gasteiger partial charge in [-0.15, -0.1) is 0 Å². The molecule has 1 aliphatic rings. The van der Waals surface area contributed by atoms with Crippen LogP contribution < -0.4 is 11.1 Å². The van der Waals surface area contributed by atoms with Crippen LogP contribution in [0, 0.1) is 5.92 Å². The fraction of sp³-hybridized carbons (Fsp3) is 0.923. The number of nitrogens with zero attached hydrogens (tertiary/aromatic N) is 2. The van der Waals surface area contributed by atoms with Gasteiger partial charge in [-0.25, -0.2) is 0 Å². The Morgan fingerprint density at radius 2 is 1.94 bits per heavy atom. The molecule has 0 aromatic heterocycles. The van der Waals surface area contributed by atoms with Gasteiger partial charge in [0.25, 0.3) is 0 Å². The van der Waals surface area contributed by atoms with Crippen molar-refractivity contribution in [1.29, 1.82) is 0 Å². The number of piperidine rings is 1. The summed E-state index contributed by atoms with van der Waals surface area (Å²) in [6.45, 7) is 13.0. The molecule has 100 valence electrons. The van der Waals surface area contributed by atoms with Gasteiger partial charge in [0.15, 0.2) is 5.96 Å². The Labute approximate surface area is 106 Å². The Bertz CT molecular complexity index is 247. The molecule has 0 saturated carbocycles. The van der Waals surface area contributed by atoms with Crippen LogP contribution in [-0.2, 0) is 0 Å². The molecule has 1 saturated heterocycles. The van der Waals surface area contributed by atoms with Crippen LogP contribution in [0.4, 0.5) is 0 Å². The lowest BCUT2D eigenvalue weighted by molar-refractivity contribution is 0.196. The third-order valence-electron chi connectivity index (χ3n) is 3.18. The highest BCUT2D eigenvalue weighted by Gasteiger charge is 2.18. The second kappa shape index (κ2) is 6.24. The van der Waals surface area contributed by atoms with E-state index in [2.05, 4.69) is 42.9 Å². The van der Waals surface area contributed by atoms with Crippen molar-refractivity contribution >= 4 is 5.96 Å². The van der Waals surface area contributed by atoms with Crippen LogP contribution >= 0.6 is 0 Å². The van der Waals surface area contributed by atoms with Gasteiger partial charge in [-0.3, -0.25) is 4.99 Å². The number of guanidine groups is 1. The Morgan fingerprint density at radius 1 is 1.35 bits per heavy atom. The van der Waals surface area contributed by atoms with Crippen molar-refractivity contribution in [3.63, 3.8) is 0 Å². The molecule has 0 aromatic carbocycles. The van der Waals surface area contributed by atoms with Crippen LogP contribution in [-0.4, -0.2) is 42.6 Å². The van der Waals surface area contributed by atoms with E-state index in [9.17, 15) is 0 Å². The first-order chi connectivity index (χ1) is 7.90. The normalized spacial score (nSPS) is 20.6. The van der Waals surface area contributed by atoms with Crippen molar-refractivity contribution < 1.29 is 0 Å². The van der Waals surface area contributed by atoms with Gasteiger partial charge in [0.1, 0.15) is 0 Å². The first-order valence-corrected chi connectivity index (χ1v) is 6.71. The monoisotopic (exact) mass is 240 g/mol. The second-order valence-corrected chi connectivity index (χ2v) is 5.98. The quantitative estimate of drug-likeness (QED) is 0.579. The van der Waals surface area contributed by atoms with Crippen molar-refractivity contribution in [1.82, 2.24) is 10.2 Å². The van der Waals surface area contributed by atoms with E-state index in [0.29, 0.717) is 11.9 Å². The van der Waals surface area contributed by atoms with Crippen LogP contribution in [0.2, 0.25) is 0 Å². The minimum atomic E-state index is -0.000835. The van der Waals surface area contributed by atoms with Gasteiger partial charge in [-0.2, -0.15) is 0 Å². The molecule has 0 radical (unpaired) electrons. The SMILES string of the molecule is CCN1CCC(CN=C(N)NC(C)(C)C)CC1. The summed E-state index contributed by atoms with van der Waals surface area (Å²) in [5, 5.41) is 3.20. The lowest BCUT2D eigenvalue weighted by Crippen LogP contribution is -2.45. The highest BCUT2D eigenvalue weighted by molar-refractivity contribution is 5.78. The molecule has 17 heavy (non-hydrogen) atoms. The highest BCUT2D eigenvalue weighted by Crippen LogP contribution is 2.16. The number of likely N-dealkylation sites (tertiary alicyclic amines) is 1. The van der Waals surface area contributed by atoms with E-state index >= 15 is 0 Å². The molecule has 3 N–H and O–H groups in total. The predicted octanol–water partition coefficient (Wildman–Crippen LogP) is 1.42. The number of nitrogens with two attached hydrogens (primary N) is 1. The first-order valence-electron chi connectivity index (χ1n) is 6.71. The number of aliphatic imine (C=N–C) groups is 1. The van der Waals surface area contributed by atoms with E-state index in [0.717, 1.165) is 6.54 Å². The molecule has 0 aliphatic carbocycles. The topological polar surface area (TPSA) is 53.6 Å². The number of rotatable bonds is 3. The van der Waals surface area contributed by atoms with Crippen LogP contribution in [0.25, 0.3) is 0 Å². The largest absolute Gasteiger partial charge is 0.370 e. The van der Waals surface area contributed by atoms with E-state index < -0.39 is 0 Å². The van der Waals surface area contributed by atoms with Gasteiger partial charge in [0.2, 0.25) is 0 Å². The smallest absolute Gasteiger partial charge is 0.188 e. The second-order valence-electron chi connectivity index (χ2n) is 5.98. The van der Waals surface area contributed by atoms with Gasteiger partial charge in [-0.05, 0) is 59.2 Å². The Balaban J connectivity index is 2.29. The van der Waals surface area contributed by atoms with E-state index in [-0.39, 0.29) is 5.54 Å². The summed E-state index contributed by atoms with van der Waals surface area (Å²) in [7, 11) is 0. The molecule has 4 heteroatoms. The van der Waals surface area contributed by atoms with Gasteiger partial charge in [-0.1, -0.05) is 6.92 Å². The van der Waals surface area contributed by atoms with Crippen molar-refractivity contribution in [2.45, 2.75) is 46.1 Å². The summed E-state index contributed by atoms with van der Waals surface area (Å²) >= 11 is 0. The Hall–Kier alpha value is -0.770. The van der Waals surface area contributed by atoms with Crippen molar-refractivity contribution in [3.05, 3.63) is 0 Å². The van der Waals surface area contributed by atoms with Gasteiger partial charge < -0.3 is 16.0 Å². The number of nitrogens with one attached hydrogen (secondary N) is 1. The molecular weight excluding hydrogens is 212 g/mol. The maximum atomic E-state index is 5.86. The summed E-state index contributed by atoms with van der Waals surface area (Å²) in [4.78, 5) is 6.95. The van der Waals surface area contributed by atoms with E-state index in [1.54, 1.807) is 0 Å². The fourth-order valence-electron chi connectivity index (χ4n) is 2.14. The zero-order valence-corrected chi connectivity index (χ0v) is 11.8. The van der Waals surface area contributed by atoms with Crippen LogP contribution in [0.5, 0.6) is 0 Å². The maximum Gasteiger partial charge on any atom is 0.188 e. The molecule has 1 heterocycles. The van der Waals surface area contributed by atoms with Gasteiger partial charge in [0, 0.05) is 12.1 Å². The minimum absolute atomic E-state index is 0.000835. The van der Waals surface area contributed by atoms with Gasteiger partial charge >= 0.3 is 0 Å². The number of hydrogen-bond acceptors (Lipinski definition) is 2. The third-order valence-corrected chi connectivity index (χ3v) is 3.18. The molecule has 0 amide bonds.